The van der Waals surface area contributed by atoms with Crippen molar-refractivity contribution >= 4 is 29.9 Å². The molecule has 0 spiro atoms. The first-order chi connectivity index (χ1) is 12.4. The van der Waals surface area contributed by atoms with Gasteiger partial charge in [-0.15, -0.1) is 12.4 Å². The summed E-state index contributed by atoms with van der Waals surface area (Å²) in [5.41, 5.74) is 0.471. The number of amides is 2. The van der Waals surface area contributed by atoms with Crippen LogP contribution in [0.5, 0.6) is 0 Å². The van der Waals surface area contributed by atoms with Gasteiger partial charge in [0.25, 0.3) is 5.91 Å². The highest BCUT2D eigenvalue weighted by molar-refractivity contribution is 5.96. The maximum Gasteiger partial charge on any atom is 0.253 e. The average molecular weight is 398 g/mol. The third-order valence-electron chi connectivity index (χ3n) is 5.39. The summed E-state index contributed by atoms with van der Waals surface area (Å²) in [5, 5.41) is 6.00. The molecule has 27 heavy (non-hydrogen) atoms. The molecule has 1 aromatic rings. The number of likely N-dealkylation sites (tertiary alicyclic amines) is 1. The van der Waals surface area contributed by atoms with Crippen molar-refractivity contribution in [2.24, 2.45) is 17.8 Å². The Hall–Kier alpha value is -1.66. The SMILES string of the molecule is CC(C)CC(=O)Nc1ccc(C(=O)N2CC[C@@H]3CNC[C@@H]3CC2)cc1F.Cl. The van der Waals surface area contributed by atoms with Crippen LogP contribution in [-0.2, 0) is 4.79 Å². The van der Waals surface area contributed by atoms with Crippen molar-refractivity contribution in [3.63, 3.8) is 0 Å². The normalized spacial score (nSPS) is 22.0. The molecule has 0 unspecified atom stereocenters. The van der Waals surface area contributed by atoms with Crippen LogP contribution in [0.4, 0.5) is 10.1 Å². The molecule has 2 amide bonds. The minimum Gasteiger partial charge on any atom is -0.339 e. The van der Waals surface area contributed by atoms with Crippen LogP contribution < -0.4 is 10.6 Å². The number of nitrogens with one attached hydrogen (secondary N) is 2. The molecular weight excluding hydrogens is 369 g/mol. The Morgan fingerprint density at radius 1 is 1.22 bits per heavy atom. The van der Waals surface area contributed by atoms with E-state index in [1.54, 1.807) is 6.07 Å². The lowest BCUT2D eigenvalue weighted by Crippen LogP contribution is -2.32. The van der Waals surface area contributed by atoms with Gasteiger partial charge in [-0.1, -0.05) is 13.8 Å². The Bertz CT molecular complexity index is 669. The molecule has 1 aromatic carbocycles. The molecule has 5 nitrogen and oxygen atoms in total. The van der Waals surface area contributed by atoms with Crippen LogP contribution in [0.15, 0.2) is 18.2 Å². The van der Waals surface area contributed by atoms with E-state index < -0.39 is 5.82 Å². The molecule has 2 aliphatic heterocycles. The van der Waals surface area contributed by atoms with Gasteiger partial charge >= 0.3 is 0 Å². The smallest absolute Gasteiger partial charge is 0.253 e. The number of carbonyl (C=O) groups is 2. The summed E-state index contributed by atoms with van der Waals surface area (Å²) < 4.78 is 14.3. The molecular formula is C20H29ClFN3O2. The van der Waals surface area contributed by atoms with E-state index in [-0.39, 0.29) is 35.8 Å². The second kappa shape index (κ2) is 9.51. The van der Waals surface area contributed by atoms with Gasteiger partial charge in [0.15, 0.2) is 0 Å². The van der Waals surface area contributed by atoms with E-state index in [9.17, 15) is 14.0 Å². The average Bonchev–Trinajstić information content (AvgIpc) is 2.94. The quantitative estimate of drug-likeness (QED) is 0.819. The topological polar surface area (TPSA) is 61.4 Å². The van der Waals surface area contributed by atoms with Gasteiger partial charge in [-0.05, 0) is 61.9 Å². The van der Waals surface area contributed by atoms with Crippen LogP contribution in [0.25, 0.3) is 0 Å². The third-order valence-corrected chi connectivity index (χ3v) is 5.39. The molecule has 0 aliphatic carbocycles. The fourth-order valence-corrected chi connectivity index (χ4v) is 3.93. The Morgan fingerprint density at radius 2 is 1.85 bits per heavy atom. The molecule has 2 aliphatic rings. The number of fused-ring (bicyclic) bond motifs is 1. The second-order valence-electron chi connectivity index (χ2n) is 7.89. The van der Waals surface area contributed by atoms with Gasteiger partial charge < -0.3 is 15.5 Å². The van der Waals surface area contributed by atoms with Crippen LogP contribution in [0, 0.1) is 23.6 Å². The lowest BCUT2D eigenvalue weighted by molar-refractivity contribution is -0.116. The Balaban J connectivity index is 0.00000261. The highest BCUT2D eigenvalue weighted by Crippen LogP contribution is 2.28. The largest absolute Gasteiger partial charge is 0.339 e. The molecule has 0 aromatic heterocycles. The molecule has 0 radical (unpaired) electrons. The van der Waals surface area contributed by atoms with Crippen LogP contribution in [-0.4, -0.2) is 42.9 Å². The summed E-state index contributed by atoms with van der Waals surface area (Å²) in [7, 11) is 0. The molecule has 0 saturated carbocycles. The highest BCUT2D eigenvalue weighted by Gasteiger charge is 2.31. The summed E-state index contributed by atoms with van der Waals surface area (Å²) in [6, 6.07) is 4.32. The zero-order chi connectivity index (χ0) is 18.7. The van der Waals surface area contributed by atoms with Crippen molar-refractivity contribution in [1.29, 1.82) is 0 Å². The summed E-state index contributed by atoms with van der Waals surface area (Å²) >= 11 is 0. The number of anilines is 1. The van der Waals surface area contributed by atoms with Crippen LogP contribution in [0.1, 0.15) is 43.5 Å². The van der Waals surface area contributed by atoms with Gasteiger partial charge in [0.05, 0.1) is 5.69 Å². The number of hydrogen-bond acceptors (Lipinski definition) is 3. The van der Waals surface area contributed by atoms with Gasteiger partial charge in [0, 0.05) is 25.1 Å². The molecule has 0 bridgehead atoms. The number of carbonyl (C=O) groups excluding carboxylic acids is 2. The van der Waals surface area contributed by atoms with E-state index in [2.05, 4.69) is 10.6 Å². The number of rotatable bonds is 4. The zero-order valence-corrected chi connectivity index (χ0v) is 16.8. The molecule has 3 rings (SSSR count). The molecule has 2 heterocycles. The van der Waals surface area contributed by atoms with Gasteiger partial charge in [0.2, 0.25) is 5.91 Å². The van der Waals surface area contributed by atoms with E-state index >= 15 is 0 Å². The summed E-state index contributed by atoms with van der Waals surface area (Å²) in [6.07, 6.45) is 2.33. The monoisotopic (exact) mass is 397 g/mol. The maximum atomic E-state index is 14.3. The first-order valence-electron chi connectivity index (χ1n) is 9.53. The van der Waals surface area contributed by atoms with E-state index in [1.165, 1.54) is 12.1 Å². The van der Waals surface area contributed by atoms with E-state index in [4.69, 9.17) is 0 Å². The van der Waals surface area contributed by atoms with Gasteiger partial charge in [0.1, 0.15) is 5.82 Å². The minimum absolute atomic E-state index is 0. The van der Waals surface area contributed by atoms with E-state index in [0.29, 0.717) is 23.8 Å². The van der Waals surface area contributed by atoms with E-state index in [1.807, 2.05) is 18.7 Å². The summed E-state index contributed by atoms with van der Waals surface area (Å²) in [5.74, 6) is 0.578. The lowest BCUT2D eigenvalue weighted by Gasteiger charge is -2.21. The number of halogens is 2. The van der Waals surface area contributed by atoms with Gasteiger partial charge in [-0.25, -0.2) is 4.39 Å². The van der Waals surface area contributed by atoms with Crippen molar-refractivity contribution in [3.8, 4) is 0 Å². The zero-order valence-electron chi connectivity index (χ0n) is 16.0. The van der Waals surface area contributed by atoms with Gasteiger partial charge in [-0.2, -0.15) is 0 Å². The van der Waals surface area contributed by atoms with Crippen molar-refractivity contribution in [1.82, 2.24) is 10.2 Å². The second-order valence-corrected chi connectivity index (χ2v) is 7.89. The van der Waals surface area contributed by atoms with Crippen molar-refractivity contribution in [2.75, 3.05) is 31.5 Å². The molecule has 2 saturated heterocycles. The predicted octanol–water partition coefficient (Wildman–Crippen LogP) is 3.30. The molecule has 7 heteroatoms. The highest BCUT2D eigenvalue weighted by atomic mass is 35.5. The number of nitrogens with zero attached hydrogens (tertiary/aromatic N) is 1. The predicted molar refractivity (Wildman–Crippen MR) is 107 cm³/mol. The van der Waals surface area contributed by atoms with Crippen molar-refractivity contribution < 1.29 is 14.0 Å². The fraction of sp³-hybridized carbons (Fsp3) is 0.600. The Labute approximate surface area is 166 Å². The lowest BCUT2D eigenvalue weighted by atomic mass is 9.92. The summed E-state index contributed by atoms with van der Waals surface area (Å²) in [6.45, 7) is 7.37. The maximum absolute atomic E-state index is 14.3. The van der Waals surface area contributed by atoms with Crippen molar-refractivity contribution in [2.45, 2.75) is 33.1 Å². The number of benzene rings is 1. The van der Waals surface area contributed by atoms with Gasteiger partial charge in [-0.3, -0.25) is 9.59 Å². The van der Waals surface area contributed by atoms with Crippen molar-refractivity contribution in [3.05, 3.63) is 29.6 Å². The Morgan fingerprint density at radius 3 is 2.41 bits per heavy atom. The first kappa shape index (κ1) is 21.6. The van der Waals surface area contributed by atoms with Crippen LogP contribution in [0.3, 0.4) is 0 Å². The van der Waals surface area contributed by atoms with Crippen LogP contribution >= 0.6 is 12.4 Å². The fourth-order valence-electron chi connectivity index (χ4n) is 3.93. The minimum atomic E-state index is -0.566. The third kappa shape index (κ3) is 5.42. The van der Waals surface area contributed by atoms with E-state index in [0.717, 1.165) is 39.0 Å². The van der Waals surface area contributed by atoms with Crippen LogP contribution in [0.2, 0.25) is 0 Å². The number of hydrogen-bond donors (Lipinski definition) is 2. The molecule has 2 N–H and O–H groups in total. The molecule has 2 atom stereocenters. The first-order valence-corrected chi connectivity index (χ1v) is 9.53. The Kier molecular flexibility index (Phi) is 7.62. The molecule has 150 valence electrons. The summed E-state index contributed by atoms with van der Waals surface area (Å²) in [4.78, 5) is 26.4. The molecule has 2 fully saturated rings. The standard InChI is InChI=1S/C20H28FN3O2.ClH/c1-13(2)9-19(25)23-18-4-3-14(10-17(18)21)20(26)24-7-5-15-11-22-12-16(15)6-8-24;/h3-4,10,13,15-16,22H,5-9,11-12H2,1-2H3,(H,23,25);1H/t15-,16+;.